The van der Waals surface area contributed by atoms with E-state index in [2.05, 4.69) is 10.0 Å². The van der Waals surface area contributed by atoms with E-state index in [1.807, 2.05) is 6.92 Å². The average Bonchev–Trinajstić information content (AvgIpc) is 2.78. The third-order valence-electron chi connectivity index (χ3n) is 5.03. The molecule has 35 heavy (non-hydrogen) atoms. The molecular weight excluding hydrogens is 510 g/mol. The number of sulfonamides is 2. The minimum Gasteiger partial charge on any atom is -0.326 e. The van der Waals surface area contributed by atoms with E-state index in [9.17, 15) is 21.6 Å². The van der Waals surface area contributed by atoms with Crippen molar-refractivity contribution in [1.29, 1.82) is 0 Å². The van der Waals surface area contributed by atoms with Gasteiger partial charge in [-0.05, 0) is 74.0 Å². The summed E-state index contributed by atoms with van der Waals surface area (Å²) in [5, 5.41) is 3.19. The average molecular weight is 536 g/mol. The molecular formula is C24H26ClN3O5S2. The number of carbonyl (C=O) groups is 1. The molecule has 11 heteroatoms. The van der Waals surface area contributed by atoms with Gasteiger partial charge >= 0.3 is 0 Å². The predicted molar refractivity (Wildman–Crippen MR) is 140 cm³/mol. The Balaban J connectivity index is 1.56. The molecule has 0 aliphatic rings. The lowest BCUT2D eigenvalue weighted by molar-refractivity contribution is -0.116. The number of carbonyl (C=O) groups excluding carboxylic acids is 1. The van der Waals surface area contributed by atoms with Crippen molar-refractivity contribution in [2.24, 2.45) is 0 Å². The Kier molecular flexibility index (Phi) is 8.42. The molecule has 0 aliphatic carbocycles. The Morgan fingerprint density at radius 2 is 1.43 bits per heavy atom. The van der Waals surface area contributed by atoms with Crippen LogP contribution in [0.3, 0.4) is 0 Å². The monoisotopic (exact) mass is 535 g/mol. The fourth-order valence-corrected chi connectivity index (χ4v) is 5.40. The predicted octanol–water partition coefficient (Wildman–Crippen LogP) is 4.63. The number of amides is 1. The van der Waals surface area contributed by atoms with Crippen molar-refractivity contribution in [1.82, 2.24) is 0 Å². The highest BCUT2D eigenvalue weighted by molar-refractivity contribution is 7.92. The van der Waals surface area contributed by atoms with Gasteiger partial charge in [0.1, 0.15) is 0 Å². The molecule has 0 atom stereocenters. The molecule has 0 saturated carbocycles. The van der Waals surface area contributed by atoms with Gasteiger partial charge in [-0.2, -0.15) is 0 Å². The van der Waals surface area contributed by atoms with Crippen LogP contribution in [0.4, 0.5) is 17.1 Å². The molecule has 0 aliphatic heterocycles. The van der Waals surface area contributed by atoms with Crippen LogP contribution in [0.1, 0.15) is 18.4 Å². The van der Waals surface area contributed by atoms with Crippen molar-refractivity contribution in [3.05, 3.63) is 83.4 Å². The summed E-state index contributed by atoms with van der Waals surface area (Å²) >= 11 is 5.87. The van der Waals surface area contributed by atoms with Gasteiger partial charge in [-0.15, -0.1) is 0 Å². The molecule has 0 fully saturated rings. The van der Waals surface area contributed by atoms with Gasteiger partial charge in [0.25, 0.3) is 10.0 Å². The lowest BCUT2D eigenvalue weighted by Crippen LogP contribution is -2.31. The second kappa shape index (κ2) is 11.1. The van der Waals surface area contributed by atoms with Crippen LogP contribution in [-0.4, -0.2) is 35.5 Å². The molecule has 186 valence electrons. The van der Waals surface area contributed by atoms with Gasteiger partial charge in [-0.1, -0.05) is 29.3 Å². The first-order valence-electron chi connectivity index (χ1n) is 10.7. The van der Waals surface area contributed by atoms with Crippen molar-refractivity contribution < 1.29 is 21.6 Å². The van der Waals surface area contributed by atoms with Gasteiger partial charge in [-0.25, -0.2) is 16.8 Å². The number of rotatable bonds is 10. The molecule has 0 saturated heterocycles. The summed E-state index contributed by atoms with van der Waals surface area (Å²) in [4.78, 5) is 12.4. The maximum Gasteiger partial charge on any atom is 0.261 e. The van der Waals surface area contributed by atoms with Crippen LogP contribution in [0, 0.1) is 6.92 Å². The second-order valence-electron chi connectivity index (χ2n) is 7.96. The number of nitrogens with one attached hydrogen (secondary N) is 2. The molecule has 3 rings (SSSR count). The van der Waals surface area contributed by atoms with Gasteiger partial charge in [0.15, 0.2) is 0 Å². The van der Waals surface area contributed by atoms with Crippen molar-refractivity contribution >= 4 is 54.6 Å². The SMILES string of the molecule is Cc1ccc(NS(=O)(=O)c2ccc(NC(=O)CCCN(c3ccc(Cl)cc3)S(C)(=O)=O)cc2)cc1. The van der Waals surface area contributed by atoms with Crippen molar-refractivity contribution in [3.63, 3.8) is 0 Å². The first kappa shape index (κ1) is 26.5. The number of anilines is 3. The Morgan fingerprint density at radius 1 is 0.857 bits per heavy atom. The van der Waals surface area contributed by atoms with Gasteiger partial charge in [0, 0.05) is 29.4 Å². The maximum absolute atomic E-state index is 12.6. The Hall–Kier alpha value is -3.08. The molecule has 0 aromatic heterocycles. The summed E-state index contributed by atoms with van der Waals surface area (Å²) in [7, 11) is -7.31. The molecule has 1 amide bonds. The van der Waals surface area contributed by atoms with Gasteiger partial charge in [0.05, 0.1) is 16.8 Å². The maximum atomic E-state index is 12.6. The van der Waals surface area contributed by atoms with E-state index in [-0.39, 0.29) is 30.2 Å². The number of aryl methyl sites for hydroxylation is 1. The summed E-state index contributed by atoms with van der Waals surface area (Å²) in [5.74, 6) is -0.317. The van der Waals surface area contributed by atoms with E-state index in [1.165, 1.54) is 28.6 Å². The first-order chi connectivity index (χ1) is 16.4. The van der Waals surface area contributed by atoms with Crippen LogP contribution in [0.25, 0.3) is 0 Å². The van der Waals surface area contributed by atoms with Crippen LogP contribution in [0.15, 0.2) is 77.7 Å². The molecule has 8 nitrogen and oxygen atoms in total. The third-order valence-corrected chi connectivity index (χ3v) is 7.88. The molecule has 0 bridgehead atoms. The minimum absolute atomic E-state index is 0.0582. The number of nitrogens with zero attached hydrogens (tertiary/aromatic N) is 1. The zero-order chi connectivity index (χ0) is 25.6. The second-order valence-corrected chi connectivity index (χ2v) is 12.0. The van der Waals surface area contributed by atoms with Crippen molar-refractivity contribution in [2.45, 2.75) is 24.7 Å². The Bertz CT molecular complexity index is 1370. The highest BCUT2D eigenvalue weighted by Crippen LogP contribution is 2.22. The molecule has 0 radical (unpaired) electrons. The first-order valence-corrected chi connectivity index (χ1v) is 14.4. The molecule has 0 unspecified atom stereocenters. The van der Waals surface area contributed by atoms with Crippen LogP contribution >= 0.6 is 11.6 Å². The van der Waals surface area contributed by atoms with Crippen LogP contribution < -0.4 is 14.3 Å². The Morgan fingerprint density at radius 3 is 2.00 bits per heavy atom. The standard InChI is InChI=1S/C24H26ClN3O5S2/c1-18-5-9-21(10-6-18)27-35(32,33)23-15-11-20(12-16-23)26-24(29)4-3-17-28(34(2,30)31)22-13-7-19(25)8-14-22/h5-16,27H,3-4,17H2,1-2H3,(H,26,29). The summed E-state index contributed by atoms with van der Waals surface area (Å²) in [6.45, 7) is 2.03. The number of benzene rings is 3. The topological polar surface area (TPSA) is 113 Å². The zero-order valence-corrected chi connectivity index (χ0v) is 21.6. The number of halogens is 1. The summed E-state index contributed by atoms with van der Waals surface area (Å²) in [6.07, 6.45) is 1.47. The van der Waals surface area contributed by atoms with Crippen LogP contribution in [0.2, 0.25) is 5.02 Å². The Labute approximate surface area is 211 Å². The molecule has 0 heterocycles. The number of hydrogen-bond acceptors (Lipinski definition) is 5. The summed E-state index contributed by atoms with van der Waals surface area (Å²) < 4.78 is 53.2. The summed E-state index contributed by atoms with van der Waals surface area (Å²) in [6, 6.07) is 19.2. The lowest BCUT2D eigenvalue weighted by atomic mass is 10.2. The molecule has 0 spiro atoms. The largest absolute Gasteiger partial charge is 0.326 e. The third kappa shape index (κ3) is 7.71. The quantitative estimate of drug-likeness (QED) is 0.393. The zero-order valence-electron chi connectivity index (χ0n) is 19.2. The van der Waals surface area contributed by atoms with E-state index in [0.717, 1.165) is 11.8 Å². The highest BCUT2D eigenvalue weighted by atomic mass is 35.5. The van der Waals surface area contributed by atoms with Crippen LogP contribution in [-0.2, 0) is 24.8 Å². The lowest BCUT2D eigenvalue weighted by Gasteiger charge is -2.22. The van der Waals surface area contributed by atoms with Gasteiger partial charge < -0.3 is 5.32 Å². The normalized spacial score (nSPS) is 11.6. The minimum atomic E-state index is -3.77. The molecule has 2 N–H and O–H groups in total. The number of hydrogen-bond donors (Lipinski definition) is 2. The van der Waals surface area contributed by atoms with E-state index >= 15 is 0 Å². The van der Waals surface area contributed by atoms with Gasteiger partial charge in [0.2, 0.25) is 15.9 Å². The van der Waals surface area contributed by atoms with Crippen molar-refractivity contribution in [3.8, 4) is 0 Å². The van der Waals surface area contributed by atoms with E-state index in [1.54, 1.807) is 48.5 Å². The molecule has 3 aromatic carbocycles. The van der Waals surface area contributed by atoms with E-state index in [4.69, 9.17) is 11.6 Å². The van der Waals surface area contributed by atoms with Crippen LogP contribution in [0.5, 0.6) is 0 Å². The molecule has 3 aromatic rings. The van der Waals surface area contributed by atoms with Gasteiger partial charge in [-0.3, -0.25) is 13.8 Å². The summed E-state index contributed by atoms with van der Waals surface area (Å²) in [5.41, 5.74) is 2.37. The van der Waals surface area contributed by atoms with E-state index in [0.29, 0.717) is 22.1 Å². The smallest absolute Gasteiger partial charge is 0.261 e. The van der Waals surface area contributed by atoms with Crippen molar-refractivity contribution in [2.75, 3.05) is 27.1 Å². The fraction of sp³-hybridized carbons (Fsp3) is 0.208. The van der Waals surface area contributed by atoms with E-state index < -0.39 is 20.0 Å². The fourth-order valence-electron chi connectivity index (χ4n) is 3.25. The highest BCUT2D eigenvalue weighted by Gasteiger charge is 2.18.